The highest BCUT2D eigenvalue weighted by Gasteiger charge is 2.41. The molecule has 3 aliphatic rings. The summed E-state index contributed by atoms with van der Waals surface area (Å²) in [7, 11) is 3.01. The number of nitrogens with zero attached hydrogens (tertiary/aromatic N) is 4. The van der Waals surface area contributed by atoms with Crippen molar-refractivity contribution in [2.45, 2.75) is 79.1 Å². The van der Waals surface area contributed by atoms with Crippen LogP contribution in [0.4, 0.5) is 4.79 Å². The Balaban J connectivity index is 1.05. The van der Waals surface area contributed by atoms with Crippen molar-refractivity contribution in [1.29, 1.82) is 0 Å². The third-order valence-electron chi connectivity index (χ3n) is 12.6. The second kappa shape index (κ2) is 15.7. The fourth-order valence-electron chi connectivity index (χ4n) is 9.04. The third-order valence-corrected chi connectivity index (χ3v) is 12.6. The van der Waals surface area contributed by atoms with Gasteiger partial charge in [-0.1, -0.05) is 59.7 Å². The second-order valence-electron chi connectivity index (χ2n) is 17.3. The molecule has 13 nitrogen and oxygen atoms in total. The highest BCUT2D eigenvalue weighted by Crippen LogP contribution is 2.44. The lowest BCUT2D eigenvalue weighted by Gasteiger charge is -2.30. The molecule has 3 aromatic carbocycles. The van der Waals surface area contributed by atoms with E-state index < -0.39 is 12.1 Å². The van der Waals surface area contributed by atoms with Crippen LogP contribution in [-0.2, 0) is 25.7 Å². The fourth-order valence-corrected chi connectivity index (χ4v) is 9.04. The van der Waals surface area contributed by atoms with Crippen LogP contribution in [0.15, 0.2) is 48.7 Å². The van der Waals surface area contributed by atoms with E-state index in [0.29, 0.717) is 26.3 Å². The summed E-state index contributed by atoms with van der Waals surface area (Å²) in [6.45, 7) is 14.4. The predicted molar refractivity (Wildman–Crippen MR) is 222 cm³/mol. The summed E-state index contributed by atoms with van der Waals surface area (Å²) in [5.41, 5.74) is 6.82. The smallest absolute Gasteiger partial charge is 0.407 e. The molecule has 3 N–H and O–H groups in total. The molecule has 5 heterocycles. The van der Waals surface area contributed by atoms with E-state index in [-0.39, 0.29) is 53.5 Å². The van der Waals surface area contributed by atoms with Gasteiger partial charge in [-0.15, -0.1) is 0 Å². The van der Waals surface area contributed by atoms with Crippen LogP contribution in [0.1, 0.15) is 83.7 Å². The molecule has 2 fully saturated rings. The van der Waals surface area contributed by atoms with Gasteiger partial charge in [0.15, 0.2) is 0 Å². The number of amides is 3. The van der Waals surface area contributed by atoms with E-state index in [1.54, 1.807) is 7.11 Å². The van der Waals surface area contributed by atoms with Gasteiger partial charge >= 0.3 is 6.09 Å². The standard InChI is InChI=1S/C45H55N7O6/c1-23(2)26(6)43(53)52-20-27(21-56-7)14-37(52)42-47-34-12-10-28-16-33-31-11-9-29(15-30(31)22-58-38(33)17-32(28)40(34)49-42)35-18-46-41(48-35)36-13-25(5)19-51(36)44(54)39(24(3)4)50-45(55)57-8/h9-12,15-18,23-27,36-37,39H,13-14,19-22H2,1-8H3,(H,46,48)(H,47,49)(H,50,55)/t25-,26-,27-,36-,37-,39-/m0/s1. The zero-order valence-corrected chi connectivity index (χ0v) is 34.7. The van der Waals surface area contributed by atoms with Crippen molar-refractivity contribution in [2.24, 2.45) is 29.6 Å². The summed E-state index contributed by atoms with van der Waals surface area (Å²) in [6.07, 6.45) is 2.77. The van der Waals surface area contributed by atoms with Gasteiger partial charge in [0.1, 0.15) is 30.0 Å². The van der Waals surface area contributed by atoms with Crippen LogP contribution in [0.25, 0.3) is 44.2 Å². The fraction of sp³-hybridized carbons (Fsp3) is 0.489. The minimum atomic E-state index is -0.703. The van der Waals surface area contributed by atoms with Gasteiger partial charge in [-0.2, -0.15) is 0 Å². The maximum atomic E-state index is 13.8. The van der Waals surface area contributed by atoms with E-state index in [0.717, 1.165) is 80.0 Å². The molecule has 3 amide bonds. The zero-order chi connectivity index (χ0) is 41.0. The van der Waals surface area contributed by atoms with Crippen LogP contribution >= 0.6 is 0 Å². The zero-order valence-electron chi connectivity index (χ0n) is 34.7. The highest BCUT2D eigenvalue weighted by atomic mass is 16.5. The Bertz CT molecular complexity index is 2370. The third kappa shape index (κ3) is 7.18. The molecule has 58 heavy (non-hydrogen) atoms. The van der Waals surface area contributed by atoms with Crippen molar-refractivity contribution >= 4 is 39.7 Å². The number of carbonyl (C=O) groups excluding carboxylic acids is 3. The van der Waals surface area contributed by atoms with Crippen molar-refractivity contribution in [3.63, 3.8) is 0 Å². The largest absolute Gasteiger partial charge is 0.488 e. The Morgan fingerprint density at radius 1 is 0.897 bits per heavy atom. The van der Waals surface area contributed by atoms with Crippen LogP contribution in [0.2, 0.25) is 0 Å². The summed E-state index contributed by atoms with van der Waals surface area (Å²) in [5.74, 6) is 2.92. The topological polar surface area (TPSA) is 155 Å². The van der Waals surface area contributed by atoms with E-state index in [1.807, 2.05) is 36.8 Å². The van der Waals surface area contributed by atoms with E-state index in [1.165, 1.54) is 7.11 Å². The minimum absolute atomic E-state index is 0.0838. The number of nitrogens with one attached hydrogen (secondary N) is 3. The van der Waals surface area contributed by atoms with Crippen LogP contribution in [-0.4, -0.2) is 87.6 Å². The van der Waals surface area contributed by atoms with E-state index >= 15 is 0 Å². The number of H-pyrrole nitrogens is 2. The van der Waals surface area contributed by atoms with Gasteiger partial charge in [0.05, 0.1) is 48.7 Å². The molecule has 2 saturated heterocycles. The highest BCUT2D eigenvalue weighted by molar-refractivity contribution is 6.07. The van der Waals surface area contributed by atoms with Gasteiger partial charge in [-0.3, -0.25) is 9.59 Å². The summed E-state index contributed by atoms with van der Waals surface area (Å²) >= 11 is 0. The maximum Gasteiger partial charge on any atom is 0.407 e. The Morgan fingerprint density at radius 2 is 1.67 bits per heavy atom. The van der Waals surface area contributed by atoms with Gasteiger partial charge in [-0.05, 0) is 76.9 Å². The lowest BCUT2D eigenvalue weighted by atomic mass is 9.92. The first-order valence-corrected chi connectivity index (χ1v) is 20.6. The Labute approximate surface area is 339 Å². The van der Waals surface area contributed by atoms with Gasteiger partial charge < -0.3 is 39.3 Å². The molecular weight excluding hydrogens is 735 g/mol. The quantitative estimate of drug-likeness (QED) is 0.130. The van der Waals surface area contributed by atoms with Crippen molar-refractivity contribution < 1.29 is 28.6 Å². The number of hydrogen-bond donors (Lipinski definition) is 3. The molecule has 6 atom stereocenters. The number of methoxy groups -OCH3 is 2. The van der Waals surface area contributed by atoms with Crippen molar-refractivity contribution in [3.8, 4) is 28.1 Å². The molecule has 0 spiro atoms. The maximum absolute atomic E-state index is 13.8. The molecule has 2 aromatic heterocycles. The molecule has 0 bridgehead atoms. The van der Waals surface area contributed by atoms with E-state index in [9.17, 15) is 14.4 Å². The molecular formula is C45H55N7O6. The number of hydrogen-bond acceptors (Lipinski definition) is 8. The van der Waals surface area contributed by atoms with Gasteiger partial charge in [0.25, 0.3) is 0 Å². The van der Waals surface area contributed by atoms with Crippen LogP contribution < -0.4 is 10.1 Å². The molecule has 0 radical (unpaired) electrons. The number of aromatic nitrogens is 4. The second-order valence-corrected chi connectivity index (χ2v) is 17.3. The summed E-state index contributed by atoms with van der Waals surface area (Å²) in [4.78, 5) is 60.4. The number of likely N-dealkylation sites (tertiary alicyclic amines) is 2. The normalized spacial score (nSPS) is 21.3. The number of aromatic amines is 2. The molecule has 8 rings (SSSR count). The molecule has 5 aromatic rings. The van der Waals surface area contributed by atoms with E-state index in [2.05, 4.69) is 78.5 Å². The summed E-state index contributed by atoms with van der Waals surface area (Å²) < 4.78 is 16.8. The van der Waals surface area contributed by atoms with Crippen molar-refractivity contribution in [2.75, 3.05) is 33.9 Å². The number of benzene rings is 3. The number of alkyl carbamates (subject to hydrolysis) is 1. The Morgan fingerprint density at radius 3 is 2.41 bits per heavy atom. The molecule has 13 heteroatoms. The predicted octanol–water partition coefficient (Wildman–Crippen LogP) is 7.78. The molecule has 306 valence electrons. The Hall–Kier alpha value is -5.43. The number of rotatable bonds is 10. The molecule has 0 unspecified atom stereocenters. The van der Waals surface area contributed by atoms with Crippen molar-refractivity contribution in [3.05, 3.63) is 65.9 Å². The summed E-state index contributed by atoms with van der Waals surface area (Å²) in [5, 5.41) is 4.78. The first-order chi connectivity index (χ1) is 27.8. The number of ether oxygens (including phenoxy) is 3. The number of carbonyl (C=O) groups is 3. The minimum Gasteiger partial charge on any atom is -0.488 e. The van der Waals surface area contributed by atoms with Crippen LogP contribution in [0, 0.1) is 29.6 Å². The van der Waals surface area contributed by atoms with Gasteiger partial charge in [0.2, 0.25) is 11.8 Å². The monoisotopic (exact) mass is 789 g/mol. The molecule has 0 aliphatic carbocycles. The number of imidazole rings is 2. The Kier molecular flexibility index (Phi) is 10.7. The van der Waals surface area contributed by atoms with Gasteiger partial charge in [-0.25, -0.2) is 14.8 Å². The average Bonchev–Trinajstić information content (AvgIpc) is 4.03. The first kappa shape index (κ1) is 39.4. The van der Waals surface area contributed by atoms with Crippen LogP contribution in [0.3, 0.4) is 0 Å². The molecule has 0 saturated carbocycles. The SMILES string of the molecule is COC[C@H]1C[C@@H](c2nc3c(ccc4cc5c(cc43)OCc3cc(-c4cnc([C@@H]6C[C@H](C)CN6C(=O)[C@@H](NC(=O)OC)C(C)C)[nH]4)ccc3-5)[nH]2)N(C(=O)[C@@H](C)C(C)C)C1. The molecule has 3 aliphatic heterocycles. The number of fused-ring (bicyclic) bond motifs is 6. The lowest BCUT2D eigenvalue weighted by Crippen LogP contribution is -2.51. The summed E-state index contributed by atoms with van der Waals surface area (Å²) in [6, 6.07) is 13.8. The van der Waals surface area contributed by atoms with Gasteiger partial charge in [0, 0.05) is 43.0 Å². The average molecular weight is 790 g/mol. The van der Waals surface area contributed by atoms with Crippen LogP contribution in [0.5, 0.6) is 5.75 Å². The first-order valence-electron chi connectivity index (χ1n) is 20.6. The van der Waals surface area contributed by atoms with E-state index in [4.69, 9.17) is 24.2 Å². The lowest BCUT2D eigenvalue weighted by molar-refractivity contribution is -0.137. The van der Waals surface area contributed by atoms with Crippen molar-refractivity contribution in [1.82, 2.24) is 35.1 Å².